The van der Waals surface area contributed by atoms with E-state index in [9.17, 15) is 4.79 Å². The number of fused-ring (bicyclic) bond motifs is 2. The maximum absolute atomic E-state index is 17.1. The smallest absolute Gasteiger partial charge is 0.410 e. The Morgan fingerprint density at radius 2 is 1.85 bits per heavy atom. The number of hydrogen-bond acceptors (Lipinski definition) is 9. The Labute approximate surface area is 280 Å². The maximum Gasteiger partial charge on any atom is 0.410 e. The summed E-state index contributed by atoms with van der Waals surface area (Å²) < 4.78 is 34.8. The first-order valence-electron chi connectivity index (χ1n) is 16.2. The molecular formula is C35H44ClFN6O4. The summed E-state index contributed by atoms with van der Waals surface area (Å²) in [7, 11) is 2.04. The Bertz CT molecular complexity index is 1740. The van der Waals surface area contributed by atoms with E-state index in [4.69, 9.17) is 30.8 Å². The number of halogens is 2. The largest absolute Gasteiger partial charge is 0.461 e. The number of amides is 1. The van der Waals surface area contributed by atoms with Crippen molar-refractivity contribution in [3.63, 3.8) is 0 Å². The number of likely N-dealkylation sites (N-methyl/N-ethyl adjacent to an activating group) is 1. The zero-order valence-electron chi connectivity index (χ0n) is 28.5. The molecule has 0 saturated carbocycles. The molecular weight excluding hydrogens is 623 g/mol. The molecule has 2 fully saturated rings. The molecule has 0 bridgehead atoms. The minimum atomic E-state index is -0.614. The minimum Gasteiger partial charge on any atom is -0.461 e. The van der Waals surface area contributed by atoms with Gasteiger partial charge >= 0.3 is 12.1 Å². The molecule has 3 aliphatic rings. The second-order valence-corrected chi connectivity index (χ2v) is 14.4. The molecule has 252 valence electrons. The number of rotatable bonds is 5. The van der Waals surface area contributed by atoms with Gasteiger partial charge in [0.15, 0.2) is 5.82 Å². The molecule has 12 heteroatoms. The molecule has 3 aromatic rings. The lowest BCUT2D eigenvalue weighted by molar-refractivity contribution is -0.0416. The molecule has 47 heavy (non-hydrogen) atoms. The summed E-state index contributed by atoms with van der Waals surface area (Å²) in [6.45, 7) is 17.2. The lowest BCUT2D eigenvalue weighted by Crippen LogP contribution is -2.59. The predicted molar refractivity (Wildman–Crippen MR) is 183 cm³/mol. The van der Waals surface area contributed by atoms with Crippen LogP contribution in [0.4, 0.5) is 15.0 Å². The molecule has 3 atom stereocenters. The number of aliphatic imine (C=N–C) groups is 1. The van der Waals surface area contributed by atoms with E-state index >= 15 is 4.39 Å². The van der Waals surface area contributed by atoms with Crippen LogP contribution in [-0.4, -0.2) is 102 Å². The quantitative estimate of drug-likeness (QED) is 0.315. The third-order valence-corrected chi connectivity index (χ3v) is 9.36. The van der Waals surface area contributed by atoms with Gasteiger partial charge in [-0.3, -0.25) is 4.99 Å². The molecule has 2 aromatic carbocycles. The normalized spacial score (nSPS) is 22.0. The van der Waals surface area contributed by atoms with E-state index in [1.165, 1.54) is 0 Å². The third kappa shape index (κ3) is 6.62. The van der Waals surface area contributed by atoms with Gasteiger partial charge in [-0.15, -0.1) is 0 Å². The fourth-order valence-corrected chi connectivity index (χ4v) is 6.99. The van der Waals surface area contributed by atoms with Crippen molar-refractivity contribution >= 4 is 40.1 Å². The van der Waals surface area contributed by atoms with Crippen LogP contribution in [0.2, 0.25) is 5.02 Å². The van der Waals surface area contributed by atoms with Gasteiger partial charge in [-0.1, -0.05) is 23.7 Å². The van der Waals surface area contributed by atoms with Gasteiger partial charge in [0.25, 0.3) is 0 Å². The standard InChI is InChI=1S/C35H44ClFN6O4/c1-19-9-10-23-14-38-22(4)28(23)27(19)29-26(36)13-25-31(30(29)37)39-33(46-18-24-17-41(8)11-12-45-24)40-32(25)42-15-21(3)43(16-20(42)2)34(44)47-35(5,6)7/h9-10,13,20-21,24H,11-12,14-18H2,1-8H3/t20-,21+,24+/m0/s1. The van der Waals surface area contributed by atoms with Crippen molar-refractivity contribution in [1.29, 1.82) is 0 Å². The lowest BCUT2D eigenvalue weighted by atomic mass is 9.89. The average molecular weight is 667 g/mol. The fourth-order valence-electron chi connectivity index (χ4n) is 6.70. The summed E-state index contributed by atoms with van der Waals surface area (Å²) in [4.78, 5) is 33.2. The summed E-state index contributed by atoms with van der Waals surface area (Å²) >= 11 is 7.01. The number of benzene rings is 2. The molecule has 1 aromatic heterocycles. The first-order valence-corrected chi connectivity index (χ1v) is 16.6. The maximum atomic E-state index is 17.1. The second kappa shape index (κ2) is 12.8. The summed E-state index contributed by atoms with van der Waals surface area (Å²) in [5.74, 6) is -0.0473. The van der Waals surface area contributed by atoms with E-state index in [0.717, 1.165) is 34.5 Å². The third-order valence-electron chi connectivity index (χ3n) is 9.07. The molecule has 1 amide bonds. The number of aryl methyl sites for hydroxylation is 1. The summed E-state index contributed by atoms with van der Waals surface area (Å²) in [6, 6.07) is 5.44. The minimum absolute atomic E-state index is 0.0543. The Kier molecular flexibility index (Phi) is 9.10. The Balaban J connectivity index is 1.45. The van der Waals surface area contributed by atoms with Crippen LogP contribution >= 0.6 is 11.6 Å². The molecule has 0 unspecified atom stereocenters. The van der Waals surface area contributed by atoms with E-state index in [1.54, 1.807) is 11.0 Å². The van der Waals surface area contributed by atoms with Crippen LogP contribution in [0.3, 0.4) is 0 Å². The van der Waals surface area contributed by atoms with Gasteiger partial charge in [0.2, 0.25) is 0 Å². The van der Waals surface area contributed by atoms with Gasteiger partial charge in [0.1, 0.15) is 29.6 Å². The van der Waals surface area contributed by atoms with Crippen LogP contribution in [0, 0.1) is 12.7 Å². The number of carbonyl (C=O) groups is 1. The molecule has 0 spiro atoms. The highest BCUT2D eigenvalue weighted by atomic mass is 35.5. The molecule has 3 aliphatic heterocycles. The average Bonchev–Trinajstić information content (AvgIpc) is 3.37. The number of anilines is 1. The Morgan fingerprint density at radius 1 is 1.09 bits per heavy atom. The molecule has 0 N–H and O–H groups in total. The molecule has 2 saturated heterocycles. The van der Waals surface area contributed by atoms with Gasteiger partial charge < -0.3 is 28.9 Å². The van der Waals surface area contributed by atoms with Gasteiger partial charge in [-0.05, 0) is 78.3 Å². The van der Waals surface area contributed by atoms with Crippen LogP contribution in [0.25, 0.3) is 22.0 Å². The Morgan fingerprint density at radius 3 is 2.57 bits per heavy atom. The number of morpholine rings is 1. The monoisotopic (exact) mass is 666 g/mol. The van der Waals surface area contributed by atoms with Crippen LogP contribution < -0.4 is 9.64 Å². The van der Waals surface area contributed by atoms with Crippen LogP contribution in [0.5, 0.6) is 6.01 Å². The van der Waals surface area contributed by atoms with E-state index in [-0.39, 0.29) is 53.0 Å². The highest BCUT2D eigenvalue weighted by Gasteiger charge is 2.37. The van der Waals surface area contributed by atoms with Crippen LogP contribution in [0.1, 0.15) is 58.2 Å². The molecule has 4 heterocycles. The first-order chi connectivity index (χ1) is 22.2. The van der Waals surface area contributed by atoms with Crippen molar-refractivity contribution in [2.24, 2.45) is 4.99 Å². The lowest BCUT2D eigenvalue weighted by Gasteiger charge is -2.45. The van der Waals surface area contributed by atoms with Gasteiger partial charge in [0, 0.05) is 60.5 Å². The van der Waals surface area contributed by atoms with Crippen molar-refractivity contribution in [2.45, 2.75) is 78.8 Å². The number of ether oxygens (including phenoxy) is 3. The van der Waals surface area contributed by atoms with Crippen LogP contribution in [-0.2, 0) is 16.0 Å². The van der Waals surface area contributed by atoms with Crippen molar-refractivity contribution < 1.29 is 23.4 Å². The zero-order valence-corrected chi connectivity index (χ0v) is 29.2. The van der Waals surface area contributed by atoms with Crippen molar-refractivity contribution in [3.8, 4) is 17.1 Å². The van der Waals surface area contributed by atoms with E-state index in [1.807, 2.05) is 67.6 Å². The summed E-state index contributed by atoms with van der Waals surface area (Å²) in [5, 5.41) is 0.731. The number of aromatic nitrogens is 2. The molecule has 0 aliphatic carbocycles. The van der Waals surface area contributed by atoms with Crippen molar-refractivity contribution in [3.05, 3.63) is 45.7 Å². The highest BCUT2D eigenvalue weighted by Crippen LogP contribution is 2.43. The van der Waals surface area contributed by atoms with Crippen molar-refractivity contribution in [1.82, 2.24) is 19.8 Å². The van der Waals surface area contributed by atoms with Crippen LogP contribution in [0.15, 0.2) is 23.2 Å². The molecule has 0 radical (unpaired) electrons. The van der Waals surface area contributed by atoms with Crippen molar-refractivity contribution in [2.75, 3.05) is 51.3 Å². The summed E-state index contributed by atoms with van der Waals surface area (Å²) in [6.07, 6.45) is -0.538. The van der Waals surface area contributed by atoms with E-state index in [0.29, 0.717) is 44.0 Å². The topological polar surface area (TPSA) is 92.6 Å². The molecule has 10 nitrogen and oxygen atoms in total. The number of piperazine rings is 1. The first kappa shape index (κ1) is 33.4. The van der Waals surface area contributed by atoms with Gasteiger partial charge in [-0.25, -0.2) is 9.18 Å². The van der Waals surface area contributed by atoms with E-state index in [2.05, 4.69) is 19.8 Å². The Hall–Kier alpha value is -3.54. The SMILES string of the molecule is CC1=NCc2ccc(C)c(-c3c(Cl)cc4c(N5C[C@@H](C)N(C(=O)OC(C)(C)C)C[C@@H]5C)nc(OC[C@H]5CN(C)CCO5)nc4c3F)c21. The fraction of sp³-hybridized carbons (Fsp3) is 0.543. The second-order valence-electron chi connectivity index (χ2n) is 14.0. The highest BCUT2D eigenvalue weighted by molar-refractivity contribution is 6.35. The van der Waals surface area contributed by atoms with Gasteiger partial charge in [0.05, 0.1) is 18.2 Å². The zero-order chi connectivity index (χ0) is 33.8. The number of hydrogen-bond donors (Lipinski definition) is 0. The predicted octanol–water partition coefficient (Wildman–Crippen LogP) is 6.26. The summed E-state index contributed by atoms with van der Waals surface area (Å²) in [5.41, 5.74) is 4.20. The number of carbonyl (C=O) groups excluding carboxylic acids is 1. The van der Waals surface area contributed by atoms with E-state index < -0.39 is 11.4 Å². The van der Waals surface area contributed by atoms with Gasteiger partial charge in [-0.2, -0.15) is 9.97 Å². The molecule has 6 rings (SSSR count). The number of nitrogens with zero attached hydrogens (tertiary/aromatic N) is 6.